The van der Waals surface area contributed by atoms with Gasteiger partial charge in [0.05, 0.1) is 16.6 Å². The summed E-state index contributed by atoms with van der Waals surface area (Å²) in [5, 5.41) is 8.30. The molecule has 5 heteroatoms. The molecule has 1 aliphatic heterocycles. The molecule has 0 aromatic heterocycles. The van der Waals surface area contributed by atoms with Crippen LogP contribution >= 0.6 is 0 Å². The third-order valence-electron chi connectivity index (χ3n) is 2.90. The Hall–Kier alpha value is -1.36. The predicted octanol–water partition coefficient (Wildman–Crippen LogP) is 1.03. The molecule has 1 aromatic rings. The quantitative estimate of drug-likeness (QED) is 0.838. The van der Waals surface area contributed by atoms with Crippen LogP contribution < -0.4 is 0 Å². The van der Waals surface area contributed by atoms with Crippen molar-refractivity contribution in [1.82, 2.24) is 0 Å². The van der Waals surface area contributed by atoms with Gasteiger partial charge in [-0.2, -0.15) is 0 Å². The fourth-order valence-corrected chi connectivity index (χ4v) is 3.70. The molecule has 0 spiro atoms. The van der Waals surface area contributed by atoms with Crippen LogP contribution in [-0.2, 0) is 27.5 Å². The summed E-state index contributed by atoms with van der Waals surface area (Å²) in [7, 11) is -3.24. The van der Waals surface area contributed by atoms with Crippen molar-refractivity contribution in [2.45, 2.75) is 29.9 Å². The largest absolute Gasteiger partial charge is 0.481 e. The lowest BCUT2D eigenvalue weighted by Gasteiger charge is -2.03. The lowest BCUT2D eigenvalue weighted by molar-refractivity contribution is -0.136. The molecule has 1 aliphatic rings. The van der Waals surface area contributed by atoms with E-state index < -0.39 is 21.1 Å². The van der Waals surface area contributed by atoms with Gasteiger partial charge in [0.1, 0.15) is 0 Å². The first kappa shape index (κ1) is 11.1. The van der Waals surface area contributed by atoms with E-state index in [1.165, 1.54) is 0 Å². The Labute approximate surface area is 93.8 Å². The first-order valence-corrected chi connectivity index (χ1v) is 6.54. The van der Waals surface area contributed by atoms with Crippen molar-refractivity contribution < 1.29 is 18.3 Å². The summed E-state index contributed by atoms with van der Waals surface area (Å²) >= 11 is 0. The standard InChI is InChI=1S/C11H12O4S/c1-7-5-9-8(6-11(12)13)3-2-4-10(9)16(7,14)15/h2-4,7H,5-6H2,1H3,(H,12,13). The van der Waals surface area contributed by atoms with Gasteiger partial charge in [-0.15, -0.1) is 0 Å². The van der Waals surface area contributed by atoms with E-state index >= 15 is 0 Å². The molecule has 86 valence electrons. The Balaban J connectivity index is 2.57. The summed E-state index contributed by atoms with van der Waals surface area (Å²) in [6.07, 6.45) is 0.298. The third kappa shape index (κ3) is 1.61. The minimum absolute atomic E-state index is 0.120. The van der Waals surface area contributed by atoms with Crippen molar-refractivity contribution in [2.75, 3.05) is 0 Å². The zero-order valence-corrected chi connectivity index (χ0v) is 9.62. The van der Waals surface area contributed by atoms with Crippen LogP contribution in [0.4, 0.5) is 0 Å². The third-order valence-corrected chi connectivity index (χ3v) is 5.12. The van der Waals surface area contributed by atoms with E-state index in [9.17, 15) is 13.2 Å². The average Bonchev–Trinajstić information content (AvgIpc) is 2.40. The van der Waals surface area contributed by atoms with Gasteiger partial charge in [0.15, 0.2) is 9.84 Å². The fraction of sp³-hybridized carbons (Fsp3) is 0.364. The lowest BCUT2D eigenvalue weighted by atomic mass is 10.0. The molecule has 0 fully saturated rings. The molecule has 0 bridgehead atoms. The van der Waals surface area contributed by atoms with Gasteiger partial charge in [0.2, 0.25) is 0 Å². The number of fused-ring (bicyclic) bond motifs is 1. The fourth-order valence-electron chi connectivity index (χ4n) is 2.05. The van der Waals surface area contributed by atoms with Crippen molar-refractivity contribution in [3.05, 3.63) is 29.3 Å². The number of aliphatic carboxylic acids is 1. The van der Waals surface area contributed by atoms with Crippen molar-refractivity contribution in [2.24, 2.45) is 0 Å². The minimum Gasteiger partial charge on any atom is -0.481 e. The predicted molar refractivity (Wildman–Crippen MR) is 58.1 cm³/mol. The van der Waals surface area contributed by atoms with Crippen LogP contribution in [0.1, 0.15) is 18.1 Å². The molecular formula is C11H12O4S. The summed E-state index contributed by atoms with van der Waals surface area (Å²) in [5.74, 6) is -0.939. The summed E-state index contributed by atoms with van der Waals surface area (Å²) < 4.78 is 23.7. The molecule has 1 N–H and O–H groups in total. The van der Waals surface area contributed by atoms with Gasteiger partial charge in [0, 0.05) is 0 Å². The van der Waals surface area contributed by atoms with Crippen LogP contribution in [0, 0.1) is 0 Å². The zero-order chi connectivity index (χ0) is 11.9. The van der Waals surface area contributed by atoms with Crippen LogP contribution in [0.5, 0.6) is 0 Å². The number of hydrogen-bond donors (Lipinski definition) is 1. The highest BCUT2D eigenvalue weighted by Gasteiger charge is 2.34. The van der Waals surface area contributed by atoms with E-state index in [0.29, 0.717) is 22.4 Å². The number of sulfone groups is 1. The van der Waals surface area contributed by atoms with Crippen LogP contribution in [0.25, 0.3) is 0 Å². The zero-order valence-electron chi connectivity index (χ0n) is 8.80. The molecule has 2 rings (SSSR count). The van der Waals surface area contributed by atoms with E-state index in [4.69, 9.17) is 5.11 Å². The molecule has 0 amide bonds. The van der Waals surface area contributed by atoms with E-state index in [0.717, 1.165) is 0 Å². The van der Waals surface area contributed by atoms with Crippen molar-refractivity contribution in [3.8, 4) is 0 Å². The van der Waals surface area contributed by atoms with Crippen LogP contribution in [0.15, 0.2) is 23.1 Å². The van der Waals surface area contributed by atoms with Gasteiger partial charge in [-0.25, -0.2) is 8.42 Å². The van der Waals surface area contributed by atoms with E-state index in [2.05, 4.69) is 0 Å². The highest BCUT2D eigenvalue weighted by Crippen LogP contribution is 2.33. The highest BCUT2D eigenvalue weighted by atomic mass is 32.2. The van der Waals surface area contributed by atoms with Gasteiger partial charge in [-0.1, -0.05) is 12.1 Å². The second-order valence-electron chi connectivity index (χ2n) is 4.02. The van der Waals surface area contributed by atoms with E-state index in [-0.39, 0.29) is 6.42 Å². The van der Waals surface area contributed by atoms with E-state index in [1.807, 2.05) is 0 Å². The van der Waals surface area contributed by atoms with Crippen LogP contribution in [0.2, 0.25) is 0 Å². The smallest absolute Gasteiger partial charge is 0.307 e. The summed E-state index contributed by atoms with van der Waals surface area (Å²) in [6.45, 7) is 1.65. The summed E-state index contributed by atoms with van der Waals surface area (Å²) in [4.78, 5) is 11.0. The molecule has 0 saturated carbocycles. The first-order valence-electron chi connectivity index (χ1n) is 4.99. The molecule has 1 heterocycles. The monoisotopic (exact) mass is 240 g/mol. The number of carboxylic acids is 1. The summed E-state index contributed by atoms with van der Waals surface area (Å²) in [5.41, 5.74) is 1.29. The number of carbonyl (C=O) groups is 1. The maximum absolute atomic E-state index is 11.9. The molecule has 0 saturated heterocycles. The Kier molecular flexibility index (Phi) is 2.50. The first-order chi connectivity index (χ1) is 7.43. The van der Waals surface area contributed by atoms with E-state index in [1.54, 1.807) is 25.1 Å². The normalized spacial score (nSPS) is 21.7. The van der Waals surface area contributed by atoms with Crippen molar-refractivity contribution in [1.29, 1.82) is 0 Å². The maximum atomic E-state index is 11.9. The second kappa shape index (κ2) is 3.59. The number of hydrogen-bond acceptors (Lipinski definition) is 3. The van der Waals surface area contributed by atoms with Crippen LogP contribution in [-0.4, -0.2) is 24.7 Å². The van der Waals surface area contributed by atoms with Gasteiger partial charge in [0.25, 0.3) is 0 Å². The number of carboxylic acid groups (broad SMARTS) is 1. The second-order valence-corrected chi connectivity index (χ2v) is 6.36. The van der Waals surface area contributed by atoms with Crippen LogP contribution in [0.3, 0.4) is 0 Å². The van der Waals surface area contributed by atoms with Gasteiger partial charge >= 0.3 is 5.97 Å². The maximum Gasteiger partial charge on any atom is 0.307 e. The van der Waals surface area contributed by atoms with Gasteiger partial charge < -0.3 is 5.11 Å². The molecule has 1 aromatic carbocycles. The number of rotatable bonds is 2. The Morgan fingerprint density at radius 3 is 2.81 bits per heavy atom. The topological polar surface area (TPSA) is 71.4 Å². The molecule has 0 aliphatic carbocycles. The molecule has 0 radical (unpaired) electrons. The highest BCUT2D eigenvalue weighted by molar-refractivity contribution is 7.92. The number of benzene rings is 1. The Bertz CT molecular complexity index is 545. The molecule has 16 heavy (non-hydrogen) atoms. The minimum atomic E-state index is -3.24. The molecule has 4 nitrogen and oxygen atoms in total. The van der Waals surface area contributed by atoms with Gasteiger partial charge in [-0.05, 0) is 30.5 Å². The average molecular weight is 240 g/mol. The Morgan fingerprint density at radius 2 is 2.19 bits per heavy atom. The van der Waals surface area contributed by atoms with Gasteiger partial charge in [-0.3, -0.25) is 4.79 Å². The summed E-state index contributed by atoms with van der Waals surface area (Å²) in [6, 6.07) is 4.84. The molecule has 1 atom stereocenters. The molecule has 1 unspecified atom stereocenters. The SMILES string of the molecule is CC1Cc2c(CC(=O)O)cccc2S1(=O)=O. The van der Waals surface area contributed by atoms with Crippen molar-refractivity contribution in [3.63, 3.8) is 0 Å². The molecular weight excluding hydrogens is 228 g/mol. The van der Waals surface area contributed by atoms with Crippen molar-refractivity contribution >= 4 is 15.8 Å². The Morgan fingerprint density at radius 1 is 1.50 bits per heavy atom. The lowest BCUT2D eigenvalue weighted by Crippen LogP contribution is -2.11.